The summed E-state index contributed by atoms with van der Waals surface area (Å²) in [6.45, 7) is 5.93. The van der Waals surface area contributed by atoms with Gasteiger partial charge in [-0.3, -0.25) is 19.7 Å². The molecule has 222 valence electrons. The molecule has 1 saturated heterocycles. The van der Waals surface area contributed by atoms with Crippen molar-refractivity contribution >= 4 is 30.4 Å². The van der Waals surface area contributed by atoms with Crippen LogP contribution in [0.25, 0.3) is 0 Å². The Morgan fingerprint density at radius 1 is 1.10 bits per heavy atom. The number of likely N-dealkylation sites (tertiary alicyclic amines) is 1. The number of dihydropyridines is 1. The van der Waals surface area contributed by atoms with Crippen molar-refractivity contribution in [1.29, 1.82) is 0 Å². The molecule has 2 aliphatic heterocycles. The van der Waals surface area contributed by atoms with Crippen LogP contribution in [0.2, 0.25) is 0 Å². The molecule has 41 heavy (non-hydrogen) atoms. The van der Waals surface area contributed by atoms with Crippen LogP contribution >= 0.6 is 12.4 Å². The van der Waals surface area contributed by atoms with Crippen molar-refractivity contribution in [3.05, 3.63) is 98.6 Å². The normalized spacial score (nSPS) is 18.4. The minimum atomic E-state index is -0.807. The average Bonchev–Trinajstić information content (AvgIpc) is 2.93. The molecule has 0 aromatic heterocycles. The van der Waals surface area contributed by atoms with Crippen LogP contribution in [0.1, 0.15) is 56.6 Å². The third-order valence-electron chi connectivity index (χ3n) is 7.56. The summed E-state index contributed by atoms with van der Waals surface area (Å²) >= 11 is 0. The highest BCUT2D eigenvalue weighted by molar-refractivity contribution is 5.85. The Labute approximate surface area is 245 Å². The summed E-state index contributed by atoms with van der Waals surface area (Å²) in [6, 6.07) is 15.9. The maximum Gasteiger partial charge on any atom is 0.269 e. The largest absolute Gasteiger partial charge is 0.412 e. The standard InChI is InChI=1S/C29H35N5O5.ClH.H2O/c1-20-27(30-19-35)26(22-10-12-24(13-11-22)34(38)39)28(21(2)31-20)32-25(36)9-6-16-33-17-14-29(37,15-18-33)23-7-4-3-5-8-23;;/h3-5,7-8,10-13,19,26,31,37H,6,9,14-18H2,1-2H3,(H,30,35)(H,32,36);1H;1H2. The van der Waals surface area contributed by atoms with Gasteiger partial charge in [0.25, 0.3) is 5.69 Å². The van der Waals surface area contributed by atoms with E-state index in [0.717, 1.165) is 36.6 Å². The zero-order valence-electron chi connectivity index (χ0n) is 23.2. The van der Waals surface area contributed by atoms with Crippen molar-refractivity contribution in [1.82, 2.24) is 20.9 Å². The Morgan fingerprint density at radius 3 is 2.29 bits per heavy atom. The number of carbonyl (C=O) groups excluding carboxylic acids is 2. The Kier molecular flexibility index (Phi) is 12.0. The predicted molar refractivity (Wildman–Crippen MR) is 158 cm³/mol. The molecule has 0 bridgehead atoms. The number of allylic oxidation sites excluding steroid dienone is 2. The first-order valence-corrected chi connectivity index (χ1v) is 13.1. The molecule has 0 saturated carbocycles. The smallest absolute Gasteiger partial charge is 0.269 e. The van der Waals surface area contributed by atoms with Crippen molar-refractivity contribution in [3.8, 4) is 0 Å². The van der Waals surface area contributed by atoms with Crippen LogP contribution in [0.15, 0.2) is 77.4 Å². The second-order valence-corrected chi connectivity index (χ2v) is 10.1. The molecule has 1 atom stereocenters. The number of nitrogens with one attached hydrogen (secondary N) is 3. The lowest BCUT2D eigenvalue weighted by Crippen LogP contribution is -2.43. The number of rotatable bonds is 10. The van der Waals surface area contributed by atoms with E-state index in [1.165, 1.54) is 12.1 Å². The summed E-state index contributed by atoms with van der Waals surface area (Å²) in [7, 11) is 0. The SMILES string of the molecule is CC1=C(NC=O)C(c2ccc([N+](=O)[O-])cc2)C(NC(=O)CCCN2CCC(O)(c3ccccc3)CC2)=C(C)N1.Cl.O. The van der Waals surface area contributed by atoms with E-state index in [0.29, 0.717) is 49.1 Å². The fourth-order valence-electron chi connectivity index (χ4n) is 5.40. The number of carbonyl (C=O) groups is 2. The Balaban J connectivity index is 0.00000294. The monoisotopic (exact) mass is 587 g/mol. The number of amides is 2. The van der Waals surface area contributed by atoms with Crippen molar-refractivity contribution < 1.29 is 25.1 Å². The van der Waals surface area contributed by atoms with Gasteiger partial charge in [0, 0.05) is 43.0 Å². The van der Waals surface area contributed by atoms with Crippen LogP contribution in [0.4, 0.5) is 5.69 Å². The second-order valence-electron chi connectivity index (χ2n) is 10.1. The lowest BCUT2D eigenvalue weighted by molar-refractivity contribution is -0.384. The highest BCUT2D eigenvalue weighted by Gasteiger charge is 2.34. The highest BCUT2D eigenvalue weighted by Crippen LogP contribution is 2.36. The van der Waals surface area contributed by atoms with Gasteiger partial charge in [-0.2, -0.15) is 0 Å². The molecule has 0 radical (unpaired) electrons. The number of piperidine rings is 1. The molecule has 2 aliphatic rings. The molecule has 4 rings (SSSR count). The fourth-order valence-corrected chi connectivity index (χ4v) is 5.40. The minimum absolute atomic E-state index is 0. The summed E-state index contributed by atoms with van der Waals surface area (Å²) in [6.07, 6.45) is 2.84. The molecule has 0 aliphatic carbocycles. The van der Waals surface area contributed by atoms with Gasteiger partial charge in [0.1, 0.15) is 0 Å². The molecule has 6 N–H and O–H groups in total. The lowest BCUT2D eigenvalue weighted by Gasteiger charge is -2.38. The van der Waals surface area contributed by atoms with Gasteiger partial charge in [-0.15, -0.1) is 12.4 Å². The van der Waals surface area contributed by atoms with E-state index in [2.05, 4.69) is 20.9 Å². The van der Waals surface area contributed by atoms with Crippen LogP contribution in [0.3, 0.4) is 0 Å². The molecule has 1 fully saturated rings. The number of aliphatic hydroxyl groups is 1. The second kappa shape index (κ2) is 14.7. The predicted octanol–water partition coefficient (Wildman–Crippen LogP) is 2.97. The first-order valence-electron chi connectivity index (χ1n) is 13.1. The molecule has 11 nitrogen and oxygen atoms in total. The molecular weight excluding hydrogens is 550 g/mol. The van der Waals surface area contributed by atoms with Gasteiger partial charge in [0.15, 0.2) is 0 Å². The van der Waals surface area contributed by atoms with Gasteiger partial charge < -0.3 is 31.4 Å². The third-order valence-corrected chi connectivity index (χ3v) is 7.56. The number of non-ortho nitro benzene ring substituents is 1. The first kappa shape index (κ1) is 33.4. The summed E-state index contributed by atoms with van der Waals surface area (Å²) in [4.78, 5) is 37.3. The van der Waals surface area contributed by atoms with Gasteiger partial charge in [-0.1, -0.05) is 42.5 Å². The molecule has 1 unspecified atom stereocenters. The van der Waals surface area contributed by atoms with Gasteiger partial charge in [0.05, 0.1) is 27.8 Å². The quantitative estimate of drug-likeness (QED) is 0.188. The highest BCUT2D eigenvalue weighted by atomic mass is 35.5. The minimum Gasteiger partial charge on any atom is -0.412 e. The number of nitro benzene ring substituents is 1. The van der Waals surface area contributed by atoms with E-state index in [1.54, 1.807) is 12.1 Å². The van der Waals surface area contributed by atoms with Crippen LogP contribution in [-0.2, 0) is 15.2 Å². The molecular formula is C29H38ClN5O6. The number of benzene rings is 2. The molecule has 0 spiro atoms. The molecule has 2 aromatic carbocycles. The van der Waals surface area contributed by atoms with E-state index in [-0.39, 0.29) is 29.5 Å². The number of halogens is 1. The molecule has 12 heteroatoms. The van der Waals surface area contributed by atoms with Crippen LogP contribution < -0.4 is 16.0 Å². The van der Waals surface area contributed by atoms with Gasteiger partial charge in [-0.05, 0) is 50.8 Å². The van der Waals surface area contributed by atoms with Gasteiger partial charge in [-0.25, -0.2) is 0 Å². The van der Waals surface area contributed by atoms with Crippen molar-refractivity contribution in [2.45, 2.75) is 51.0 Å². The average molecular weight is 588 g/mol. The Morgan fingerprint density at radius 2 is 1.71 bits per heavy atom. The lowest BCUT2D eigenvalue weighted by atomic mass is 9.84. The molecule has 2 amide bonds. The fraction of sp³-hybridized carbons (Fsp3) is 0.379. The number of nitro groups is 1. The van der Waals surface area contributed by atoms with Crippen LogP contribution in [0.5, 0.6) is 0 Å². The topological polar surface area (TPSA) is 168 Å². The van der Waals surface area contributed by atoms with Crippen LogP contribution in [0, 0.1) is 10.1 Å². The first-order chi connectivity index (χ1) is 18.7. The summed E-state index contributed by atoms with van der Waals surface area (Å²) in [5.74, 6) is -0.653. The van der Waals surface area contributed by atoms with Crippen molar-refractivity contribution in [2.24, 2.45) is 0 Å². The van der Waals surface area contributed by atoms with E-state index in [4.69, 9.17) is 0 Å². The van der Waals surface area contributed by atoms with E-state index in [9.17, 15) is 24.8 Å². The van der Waals surface area contributed by atoms with Crippen molar-refractivity contribution in [2.75, 3.05) is 19.6 Å². The van der Waals surface area contributed by atoms with E-state index in [1.807, 2.05) is 44.2 Å². The number of nitrogens with zero attached hydrogens (tertiary/aromatic N) is 2. The third kappa shape index (κ3) is 7.92. The Hall–Kier alpha value is -3.77. The van der Waals surface area contributed by atoms with E-state index < -0.39 is 16.4 Å². The molecule has 2 aromatic rings. The summed E-state index contributed by atoms with van der Waals surface area (Å²) < 4.78 is 0. The van der Waals surface area contributed by atoms with Gasteiger partial charge in [0.2, 0.25) is 12.3 Å². The Bertz CT molecular complexity index is 1270. The maximum absolute atomic E-state index is 13.0. The molecule has 2 heterocycles. The van der Waals surface area contributed by atoms with Crippen molar-refractivity contribution in [3.63, 3.8) is 0 Å². The summed E-state index contributed by atoms with van der Waals surface area (Å²) in [5, 5.41) is 31.2. The summed E-state index contributed by atoms with van der Waals surface area (Å²) in [5.41, 5.74) is 3.43. The number of hydrogen-bond acceptors (Lipinski definition) is 7. The zero-order valence-corrected chi connectivity index (χ0v) is 24.0. The maximum atomic E-state index is 13.0. The zero-order chi connectivity index (χ0) is 28.0. The number of hydrogen-bond donors (Lipinski definition) is 4. The van der Waals surface area contributed by atoms with Gasteiger partial charge >= 0.3 is 0 Å². The van der Waals surface area contributed by atoms with Crippen LogP contribution in [-0.4, -0.2) is 52.4 Å². The van der Waals surface area contributed by atoms with E-state index >= 15 is 0 Å².